The molecule has 0 aliphatic carbocycles. The molecule has 0 heterocycles. The van der Waals surface area contributed by atoms with Crippen LogP contribution in [0.15, 0.2) is 41.4 Å². The number of hydrogen-bond donors (Lipinski definition) is 0. The minimum Gasteiger partial charge on any atom is -0.335 e. The van der Waals surface area contributed by atoms with E-state index in [1.807, 2.05) is 31.2 Å². The minimum absolute atomic E-state index is 0.0323. The maximum absolute atomic E-state index is 12.0. The molecular formula is C12H14BrNO. The van der Waals surface area contributed by atoms with E-state index in [-0.39, 0.29) is 5.91 Å². The van der Waals surface area contributed by atoms with E-state index < -0.39 is 0 Å². The zero-order valence-corrected chi connectivity index (χ0v) is 10.3. The number of carbonyl (C=O) groups excluding carboxylic acids is 1. The number of nitrogens with zero attached hydrogens (tertiary/aromatic N) is 1. The average molecular weight is 268 g/mol. The topological polar surface area (TPSA) is 20.3 Å². The molecular weight excluding hydrogens is 254 g/mol. The first kappa shape index (κ1) is 12.0. The summed E-state index contributed by atoms with van der Waals surface area (Å²) in [5.41, 5.74) is 0.696. The summed E-state index contributed by atoms with van der Waals surface area (Å²) in [5.74, 6) is 0.0323. The molecule has 0 radical (unpaired) electrons. The largest absolute Gasteiger partial charge is 0.335 e. The molecule has 0 aromatic heterocycles. The van der Waals surface area contributed by atoms with Gasteiger partial charge in [0, 0.05) is 17.6 Å². The van der Waals surface area contributed by atoms with Gasteiger partial charge >= 0.3 is 0 Å². The Morgan fingerprint density at radius 1 is 1.53 bits per heavy atom. The zero-order chi connectivity index (χ0) is 11.3. The van der Waals surface area contributed by atoms with Crippen LogP contribution in [0.4, 0.5) is 0 Å². The third-order valence-corrected chi connectivity index (χ3v) is 2.81. The van der Waals surface area contributed by atoms with Crippen LogP contribution in [-0.2, 0) is 0 Å². The molecule has 0 aliphatic heterocycles. The van der Waals surface area contributed by atoms with E-state index in [0.29, 0.717) is 18.7 Å². The molecule has 0 fully saturated rings. The van der Waals surface area contributed by atoms with Crippen LogP contribution in [0.1, 0.15) is 17.3 Å². The minimum atomic E-state index is 0.0323. The van der Waals surface area contributed by atoms with E-state index in [2.05, 4.69) is 22.5 Å². The first-order valence-corrected chi connectivity index (χ1v) is 5.64. The van der Waals surface area contributed by atoms with Crippen molar-refractivity contribution in [1.29, 1.82) is 0 Å². The van der Waals surface area contributed by atoms with Crippen LogP contribution in [0.25, 0.3) is 0 Å². The summed E-state index contributed by atoms with van der Waals surface area (Å²) in [6, 6.07) is 7.44. The van der Waals surface area contributed by atoms with Crippen molar-refractivity contribution >= 4 is 21.8 Å². The second-order valence-electron chi connectivity index (χ2n) is 3.11. The van der Waals surface area contributed by atoms with Crippen LogP contribution < -0.4 is 0 Å². The van der Waals surface area contributed by atoms with Gasteiger partial charge in [0.2, 0.25) is 0 Å². The second-order valence-corrected chi connectivity index (χ2v) is 3.97. The predicted molar refractivity (Wildman–Crippen MR) is 65.9 cm³/mol. The molecule has 1 amide bonds. The molecule has 0 spiro atoms. The number of halogens is 1. The summed E-state index contributed by atoms with van der Waals surface area (Å²) in [7, 11) is 0. The standard InChI is InChI=1S/C12H14BrNO/c1-3-9-14(4-2)12(15)10-7-5-6-8-11(10)13/h3,5-8H,1,4,9H2,2H3. The van der Waals surface area contributed by atoms with Crippen LogP contribution in [-0.4, -0.2) is 23.9 Å². The van der Waals surface area contributed by atoms with E-state index in [4.69, 9.17) is 0 Å². The van der Waals surface area contributed by atoms with Gasteiger partial charge in [0.15, 0.2) is 0 Å². The van der Waals surface area contributed by atoms with Crippen LogP contribution in [0.2, 0.25) is 0 Å². The molecule has 0 unspecified atom stereocenters. The van der Waals surface area contributed by atoms with Crippen molar-refractivity contribution in [2.45, 2.75) is 6.92 Å². The van der Waals surface area contributed by atoms with Crippen LogP contribution in [0.5, 0.6) is 0 Å². The van der Waals surface area contributed by atoms with E-state index in [1.54, 1.807) is 11.0 Å². The van der Waals surface area contributed by atoms with Gasteiger partial charge < -0.3 is 4.90 Å². The molecule has 1 rings (SSSR count). The highest BCUT2D eigenvalue weighted by atomic mass is 79.9. The third-order valence-electron chi connectivity index (χ3n) is 2.12. The summed E-state index contributed by atoms with van der Waals surface area (Å²) < 4.78 is 0.831. The first-order chi connectivity index (χ1) is 7.20. The number of hydrogen-bond acceptors (Lipinski definition) is 1. The van der Waals surface area contributed by atoms with Gasteiger partial charge in [-0.2, -0.15) is 0 Å². The summed E-state index contributed by atoms with van der Waals surface area (Å²) >= 11 is 3.37. The fraction of sp³-hybridized carbons (Fsp3) is 0.250. The molecule has 2 nitrogen and oxygen atoms in total. The lowest BCUT2D eigenvalue weighted by molar-refractivity contribution is 0.0781. The van der Waals surface area contributed by atoms with Crippen molar-refractivity contribution in [3.05, 3.63) is 47.0 Å². The number of amides is 1. The highest BCUT2D eigenvalue weighted by molar-refractivity contribution is 9.10. The fourth-order valence-electron chi connectivity index (χ4n) is 1.32. The Bertz CT molecular complexity index is 362. The van der Waals surface area contributed by atoms with Crippen molar-refractivity contribution < 1.29 is 4.79 Å². The summed E-state index contributed by atoms with van der Waals surface area (Å²) in [6.45, 7) is 6.86. The SMILES string of the molecule is C=CCN(CC)C(=O)c1ccccc1Br. The summed E-state index contributed by atoms with van der Waals surface area (Å²) in [4.78, 5) is 13.8. The molecule has 0 N–H and O–H groups in total. The van der Waals surface area contributed by atoms with Gasteiger partial charge in [-0.25, -0.2) is 0 Å². The quantitative estimate of drug-likeness (QED) is 0.768. The lowest BCUT2D eigenvalue weighted by atomic mass is 10.2. The first-order valence-electron chi connectivity index (χ1n) is 4.85. The van der Waals surface area contributed by atoms with Gasteiger partial charge in [-0.1, -0.05) is 18.2 Å². The molecule has 3 heteroatoms. The van der Waals surface area contributed by atoms with Crippen molar-refractivity contribution in [2.75, 3.05) is 13.1 Å². The maximum atomic E-state index is 12.0. The Labute approximate surface area is 98.7 Å². The number of likely N-dealkylation sites (N-methyl/N-ethyl adjacent to an activating group) is 1. The van der Waals surface area contributed by atoms with Crippen LogP contribution in [0.3, 0.4) is 0 Å². The monoisotopic (exact) mass is 267 g/mol. The molecule has 1 aromatic carbocycles. The van der Waals surface area contributed by atoms with Crippen molar-refractivity contribution in [1.82, 2.24) is 4.90 Å². The third kappa shape index (κ3) is 2.93. The predicted octanol–water partition coefficient (Wildman–Crippen LogP) is 3.10. The van der Waals surface area contributed by atoms with Gasteiger partial charge in [0.1, 0.15) is 0 Å². The smallest absolute Gasteiger partial charge is 0.255 e. The Morgan fingerprint density at radius 2 is 2.20 bits per heavy atom. The lowest BCUT2D eigenvalue weighted by Gasteiger charge is -2.19. The van der Waals surface area contributed by atoms with Gasteiger partial charge in [-0.15, -0.1) is 6.58 Å². The molecule has 0 saturated heterocycles. The molecule has 1 aromatic rings. The Balaban J connectivity index is 2.92. The molecule has 0 atom stereocenters. The molecule has 80 valence electrons. The highest BCUT2D eigenvalue weighted by Gasteiger charge is 2.14. The highest BCUT2D eigenvalue weighted by Crippen LogP contribution is 2.17. The van der Waals surface area contributed by atoms with E-state index in [9.17, 15) is 4.79 Å². The second kappa shape index (κ2) is 5.71. The number of carbonyl (C=O) groups is 1. The fourth-order valence-corrected chi connectivity index (χ4v) is 1.77. The van der Waals surface area contributed by atoms with Gasteiger partial charge in [-0.3, -0.25) is 4.79 Å². The summed E-state index contributed by atoms with van der Waals surface area (Å²) in [5, 5.41) is 0. The zero-order valence-electron chi connectivity index (χ0n) is 8.74. The van der Waals surface area contributed by atoms with Gasteiger partial charge in [-0.05, 0) is 35.0 Å². The van der Waals surface area contributed by atoms with Crippen molar-refractivity contribution in [3.63, 3.8) is 0 Å². The molecule has 0 bridgehead atoms. The molecule has 0 aliphatic rings. The molecule has 0 saturated carbocycles. The normalized spacial score (nSPS) is 9.73. The average Bonchev–Trinajstić information content (AvgIpc) is 2.25. The van der Waals surface area contributed by atoms with Crippen LogP contribution in [0, 0.1) is 0 Å². The Morgan fingerprint density at radius 3 is 2.73 bits per heavy atom. The van der Waals surface area contributed by atoms with Gasteiger partial charge in [0.05, 0.1) is 5.56 Å². The maximum Gasteiger partial charge on any atom is 0.255 e. The summed E-state index contributed by atoms with van der Waals surface area (Å²) in [6.07, 6.45) is 1.73. The number of benzene rings is 1. The molecule has 15 heavy (non-hydrogen) atoms. The Kier molecular flexibility index (Phi) is 4.56. The van der Waals surface area contributed by atoms with Crippen molar-refractivity contribution in [3.8, 4) is 0 Å². The van der Waals surface area contributed by atoms with Crippen LogP contribution >= 0.6 is 15.9 Å². The van der Waals surface area contributed by atoms with Gasteiger partial charge in [0.25, 0.3) is 5.91 Å². The Hall–Kier alpha value is -1.09. The van der Waals surface area contributed by atoms with E-state index in [1.165, 1.54) is 0 Å². The lowest BCUT2D eigenvalue weighted by Crippen LogP contribution is -2.31. The van der Waals surface area contributed by atoms with E-state index in [0.717, 1.165) is 4.47 Å². The van der Waals surface area contributed by atoms with E-state index >= 15 is 0 Å². The van der Waals surface area contributed by atoms with Crippen molar-refractivity contribution in [2.24, 2.45) is 0 Å². The number of rotatable bonds is 4.